The highest BCUT2D eigenvalue weighted by Crippen LogP contribution is 2.02. The van der Waals surface area contributed by atoms with Crippen molar-refractivity contribution < 1.29 is 0 Å². The summed E-state index contributed by atoms with van der Waals surface area (Å²) in [5.41, 5.74) is 6.07. The molecule has 0 atom stereocenters. The molecule has 2 heterocycles. The van der Waals surface area contributed by atoms with Crippen molar-refractivity contribution in [3.63, 3.8) is 0 Å². The van der Waals surface area contributed by atoms with E-state index in [4.69, 9.17) is 5.73 Å². The van der Waals surface area contributed by atoms with E-state index in [0.29, 0.717) is 11.5 Å². The third kappa shape index (κ3) is 0.540. The molecule has 2 aromatic rings. The van der Waals surface area contributed by atoms with Crippen molar-refractivity contribution >= 4 is 11.5 Å². The monoisotopic (exact) mass is 135 g/mol. The van der Waals surface area contributed by atoms with Gasteiger partial charge in [0.1, 0.15) is 6.33 Å². The van der Waals surface area contributed by atoms with Gasteiger partial charge in [-0.3, -0.25) is 0 Å². The molecule has 0 amide bonds. The lowest BCUT2D eigenvalue weighted by molar-refractivity contribution is 0.949. The molecule has 2 N–H and O–H groups in total. The van der Waals surface area contributed by atoms with Gasteiger partial charge >= 0.3 is 0 Å². The van der Waals surface area contributed by atoms with Gasteiger partial charge in [-0.25, -0.2) is 14.5 Å². The topological polar surface area (TPSA) is 69.1 Å². The van der Waals surface area contributed by atoms with E-state index in [2.05, 4.69) is 15.1 Å². The lowest BCUT2D eigenvalue weighted by atomic mass is 10.6. The van der Waals surface area contributed by atoms with Crippen molar-refractivity contribution in [1.82, 2.24) is 19.6 Å². The molecule has 0 aliphatic carbocycles. The van der Waals surface area contributed by atoms with E-state index in [0.717, 1.165) is 0 Å². The lowest BCUT2D eigenvalue weighted by Gasteiger charge is -1.91. The molecule has 0 aliphatic rings. The van der Waals surface area contributed by atoms with Crippen molar-refractivity contribution in [2.75, 3.05) is 5.73 Å². The molecule has 2 aromatic heterocycles. The fraction of sp³-hybridized carbons (Fsp3) is 0. The quantitative estimate of drug-likeness (QED) is 0.538. The average molecular weight is 135 g/mol. The van der Waals surface area contributed by atoms with Gasteiger partial charge in [0.05, 0.1) is 0 Å². The van der Waals surface area contributed by atoms with Crippen molar-refractivity contribution in [3.05, 3.63) is 18.7 Å². The van der Waals surface area contributed by atoms with Crippen LogP contribution in [0.2, 0.25) is 0 Å². The molecule has 5 nitrogen and oxygen atoms in total. The fourth-order valence-electron chi connectivity index (χ4n) is 0.777. The van der Waals surface area contributed by atoms with Gasteiger partial charge in [0.15, 0.2) is 11.5 Å². The van der Waals surface area contributed by atoms with Gasteiger partial charge in [-0.15, -0.1) is 0 Å². The minimum absolute atomic E-state index is 0.403. The number of hydrogen-bond donors (Lipinski definition) is 1. The van der Waals surface area contributed by atoms with Crippen LogP contribution in [0.1, 0.15) is 0 Å². The highest BCUT2D eigenvalue weighted by molar-refractivity contribution is 5.57. The number of nitrogens with zero attached hydrogens (tertiary/aromatic N) is 4. The van der Waals surface area contributed by atoms with Gasteiger partial charge in [0, 0.05) is 12.4 Å². The molecule has 0 saturated carbocycles. The Morgan fingerprint density at radius 1 is 1.40 bits per heavy atom. The number of aromatic nitrogens is 4. The van der Waals surface area contributed by atoms with Crippen LogP contribution in [0.5, 0.6) is 0 Å². The summed E-state index contributed by atoms with van der Waals surface area (Å²) in [7, 11) is 0. The van der Waals surface area contributed by atoms with E-state index >= 15 is 0 Å². The first-order valence-corrected chi connectivity index (χ1v) is 2.78. The molecule has 0 aliphatic heterocycles. The van der Waals surface area contributed by atoms with Crippen LogP contribution in [-0.4, -0.2) is 19.6 Å². The molecule has 0 saturated heterocycles. The van der Waals surface area contributed by atoms with Gasteiger partial charge in [-0.1, -0.05) is 0 Å². The van der Waals surface area contributed by atoms with Crippen LogP contribution in [0.3, 0.4) is 0 Å². The first-order chi connectivity index (χ1) is 4.88. The van der Waals surface area contributed by atoms with Crippen molar-refractivity contribution in [3.8, 4) is 0 Å². The Kier molecular flexibility index (Phi) is 0.858. The summed E-state index contributed by atoms with van der Waals surface area (Å²) in [5.74, 6) is 0.403. The average Bonchev–Trinajstić information content (AvgIpc) is 2.36. The van der Waals surface area contributed by atoms with Crippen molar-refractivity contribution in [2.45, 2.75) is 0 Å². The number of hydrogen-bond acceptors (Lipinski definition) is 4. The van der Waals surface area contributed by atoms with E-state index < -0.39 is 0 Å². The molecule has 0 radical (unpaired) electrons. The Balaban J connectivity index is 2.95. The number of nitrogens with two attached hydrogens (primary N) is 1. The second-order valence-electron chi connectivity index (χ2n) is 1.84. The molecule has 0 fully saturated rings. The molecule has 5 heteroatoms. The Hall–Kier alpha value is -1.65. The van der Waals surface area contributed by atoms with Gasteiger partial charge in [0.2, 0.25) is 0 Å². The highest BCUT2D eigenvalue weighted by Gasteiger charge is 1.97. The van der Waals surface area contributed by atoms with Crippen LogP contribution in [0.15, 0.2) is 18.7 Å². The minimum Gasteiger partial charge on any atom is -0.381 e. The second kappa shape index (κ2) is 1.66. The van der Waals surface area contributed by atoms with Crippen LogP contribution >= 0.6 is 0 Å². The third-order valence-corrected chi connectivity index (χ3v) is 1.22. The summed E-state index contributed by atoms with van der Waals surface area (Å²) >= 11 is 0. The summed E-state index contributed by atoms with van der Waals surface area (Å²) in [6.07, 6.45) is 4.71. The minimum atomic E-state index is 0.403. The summed E-state index contributed by atoms with van der Waals surface area (Å²) < 4.78 is 1.57. The van der Waals surface area contributed by atoms with Crippen LogP contribution in [0.4, 0.5) is 5.82 Å². The number of anilines is 1. The van der Waals surface area contributed by atoms with Crippen molar-refractivity contribution in [2.24, 2.45) is 0 Å². The molecule has 0 aromatic carbocycles. The zero-order valence-electron chi connectivity index (χ0n) is 5.10. The zero-order valence-corrected chi connectivity index (χ0v) is 5.10. The predicted octanol–water partition coefficient (Wildman–Crippen LogP) is -0.294. The maximum Gasteiger partial charge on any atom is 0.197 e. The Labute approximate surface area is 56.5 Å². The largest absolute Gasteiger partial charge is 0.381 e. The van der Waals surface area contributed by atoms with E-state index in [1.807, 2.05) is 0 Å². The standard InChI is InChI=1S/C5H5N5/c6-4-5-8-3-9-10(5)2-1-7-4/h1-3H,(H2,6,7). The Morgan fingerprint density at radius 3 is 3.10 bits per heavy atom. The van der Waals surface area contributed by atoms with Crippen LogP contribution < -0.4 is 5.73 Å². The maximum atomic E-state index is 5.47. The summed E-state index contributed by atoms with van der Waals surface area (Å²) in [4.78, 5) is 7.72. The van der Waals surface area contributed by atoms with Gasteiger partial charge < -0.3 is 5.73 Å². The van der Waals surface area contributed by atoms with Crippen LogP contribution in [0.25, 0.3) is 5.65 Å². The van der Waals surface area contributed by atoms with Gasteiger partial charge in [-0.05, 0) is 0 Å². The molecule has 2 rings (SSSR count). The van der Waals surface area contributed by atoms with Crippen LogP contribution in [-0.2, 0) is 0 Å². The van der Waals surface area contributed by atoms with E-state index in [-0.39, 0.29) is 0 Å². The molecular formula is C5H5N5. The number of nitrogen functional groups attached to an aromatic ring is 1. The van der Waals surface area contributed by atoms with Gasteiger partial charge in [0.25, 0.3) is 0 Å². The fourth-order valence-corrected chi connectivity index (χ4v) is 0.777. The van der Waals surface area contributed by atoms with E-state index in [1.54, 1.807) is 16.9 Å². The summed E-state index contributed by atoms with van der Waals surface area (Å²) in [6.45, 7) is 0. The normalized spacial score (nSPS) is 10.4. The first kappa shape index (κ1) is 5.16. The van der Waals surface area contributed by atoms with E-state index in [9.17, 15) is 0 Å². The first-order valence-electron chi connectivity index (χ1n) is 2.78. The second-order valence-corrected chi connectivity index (χ2v) is 1.84. The molecule has 0 unspecified atom stereocenters. The highest BCUT2D eigenvalue weighted by atomic mass is 15.3. The lowest BCUT2D eigenvalue weighted by Crippen LogP contribution is -1.95. The third-order valence-electron chi connectivity index (χ3n) is 1.22. The van der Waals surface area contributed by atoms with Gasteiger partial charge in [-0.2, -0.15) is 5.10 Å². The summed E-state index contributed by atoms with van der Waals surface area (Å²) in [6, 6.07) is 0. The smallest absolute Gasteiger partial charge is 0.197 e. The SMILES string of the molecule is Nc1nccn2ncnc12. The number of rotatable bonds is 0. The predicted molar refractivity (Wildman–Crippen MR) is 35.2 cm³/mol. The molecule has 0 spiro atoms. The zero-order chi connectivity index (χ0) is 6.97. The molecule has 10 heavy (non-hydrogen) atoms. The molecule has 0 bridgehead atoms. The molecular weight excluding hydrogens is 130 g/mol. The van der Waals surface area contributed by atoms with Crippen molar-refractivity contribution in [1.29, 1.82) is 0 Å². The maximum absolute atomic E-state index is 5.47. The summed E-state index contributed by atoms with van der Waals surface area (Å²) in [5, 5.41) is 3.87. The van der Waals surface area contributed by atoms with E-state index in [1.165, 1.54) is 6.33 Å². The Bertz CT molecular complexity index is 352. The number of fused-ring (bicyclic) bond motifs is 1. The Morgan fingerprint density at radius 2 is 2.30 bits per heavy atom. The van der Waals surface area contributed by atoms with Crippen LogP contribution in [0, 0.1) is 0 Å². The molecule has 50 valence electrons.